The van der Waals surface area contributed by atoms with Crippen LogP contribution in [-0.2, 0) is 32.1 Å². The zero-order valence-electron chi connectivity index (χ0n) is 17.8. The number of rotatable bonds is 8. The Morgan fingerprint density at radius 3 is 2.50 bits per heavy atom. The summed E-state index contributed by atoms with van der Waals surface area (Å²) in [6.07, 6.45) is 1.67. The van der Waals surface area contributed by atoms with Gasteiger partial charge >= 0.3 is 5.97 Å². The number of anilines is 1. The number of nitrogens with one attached hydrogen (secondary N) is 2. The molecule has 0 saturated carbocycles. The number of amides is 2. The molecule has 0 atom stereocenters. The predicted molar refractivity (Wildman–Crippen MR) is 124 cm³/mol. The fourth-order valence-electron chi connectivity index (χ4n) is 2.81. The molecule has 0 radical (unpaired) electrons. The van der Waals surface area contributed by atoms with Crippen molar-refractivity contribution in [3.8, 4) is 0 Å². The van der Waals surface area contributed by atoms with E-state index in [0.29, 0.717) is 10.7 Å². The maximum absolute atomic E-state index is 12.5. The molecule has 2 aromatic carbocycles. The van der Waals surface area contributed by atoms with E-state index >= 15 is 0 Å². The van der Waals surface area contributed by atoms with Crippen molar-refractivity contribution in [3.63, 3.8) is 0 Å². The van der Waals surface area contributed by atoms with Crippen molar-refractivity contribution >= 4 is 40.9 Å². The zero-order chi connectivity index (χ0) is 22.9. The van der Waals surface area contributed by atoms with Crippen molar-refractivity contribution in [1.82, 2.24) is 10.3 Å². The lowest BCUT2D eigenvalue weighted by atomic mass is 10.2. The van der Waals surface area contributed by atoms with Crippen molar-refractivity contribution in [2.24, 2.45) is 0 Å². The van der Waals surface area contributed by atoms with Gasteiger partial charge in [0, 0.05) is 18.0 Å². The first-order valence-electron chi connectivity index (χ1n) is 9.91. The van der Waals surface area contributed by atoms with Gasteiger partial charge in [0.15, 0.2) is 0 Å². The van der Waals surface area contributed by atoms with Crippen LogP contribution in [-0.4, -0.2) is 22.8 Å². The van der Waals surface area contributed by atoms with Crippen LogP contribution in [0, 0.1) is 6.92 Å². The normalized spacial score (nSPS) is 11.0. The Bertz CT molecular complexity index is 1140. The predicted octanol–water partition coefficient (Wildman–Crippen LogP) is 3.85. The third-order valence-electron chi connectivity index (χ3n) is 4.32. The Labute approximate surface area is 190 Å². The van der Waals surface area contributed by atoms with Crippen LogP contribution in [0.5, 0.6) is 0 Å². The molecule has 0 aliphatic heterocycles. The molecular weight excluding hydrogens is 426 g/mol. The van der Waals surface area contributed by atoms with Crippen LogP contribution < -0.4 is 10.6 Å². The quantitative estimate of drug-likeness (QED) is 0.402. The number of carbonyl (C=O) groups excluding carboxylic acids is 3. The van der Waals surface area contributed by atoms with Gasteiger partial charge in [0.25, 0.3) is 0 Å². The lowest BCUT2D eigenvalue weighted by Gasteiger charge is -2.08. The lowest BCUT2D eigenvalue weighted by Crippen LogP contribution is -2.26. The number of nitrogens with zero attached hydrogens (tertiary/aromatic N) is 1. The minimum Gasteiger partial charge on any atom is -0.454 e. The van der Waals surface area contributed by atoms with Crippen LogP contribution >= 0.6 is 11.3 Å². The minimum absolute atomic E-state index is 0.0387. The van der Waals surface area contributed by atoms with Crippen molar-refractivity contribution in [2.75, 3.05) is 5.32 Å². The molecule has 0 aliphatic rings. The first-order valence-corrected chi connectivity index (χ1v) is 10.8. The number of hydrogen-bond acceptors (Lipinski definition) is 6. The standard InChI is InChI=1S/C24H23N3O4S/c1-16-8-6-7-11-20(16)27-22(29)13-23-26-19(15-32-23)14-31-24(30)21(25-17(2)28)12-18-9-4-3-5-10-18/h3-12,15H,13-14H2,1-2H3,(H,25,28)(H,27,29)/b21-12-. The number of esters is 1. The highest BCUT2D eigenvalue weighted by Crippen LogP contribution is 2.16. The lowest BCUT2D eigenvalue weighted by molar-refractivity contribution is -0.141. The molecule has 2 amide bonds. The number of para-hydroxylation sites is 1. The van der Waals surface area contributed by atoms with E-state index in [1.165, 1.54) is 18.3 Å². The Hall–Kier alpha value is -3.78. The summed E-state index contributed by atoms with van der Waals surface area (Å²) in [5.74, 6) is -1.22. The highest BCUT2D eigenvalue weighted by molar-refractivity contribution is 7.09. The number of aryl methyl sites for hydroxylation is 1. The maximum atomic E-state index is 12.5. The summed E-state index contributed by atoms with van der Waals surface area (Å²) >= 11 is 1.32. The zero-order valence-corrected chi connectivity index (χ0v) is 18.6. The SMILES string of the molecule is CC(=O)N/C(=C\c1ccccc1)C(=O)OCc1csc(CC(=O)Nc2ccccc2C)n1. The van der Waals surface area contributed by atoms with E-state index in [-0.39, 0.29) is 30.5 Å². The van der Waals surface area contributed by atoms with E-state index in [2.05, 4.69) is 15.6 Å². The summed E-state index contributed by atoms with van der Waals surface area (Å²) < 4.78 is 5.31. The summed E-state index contributed by atoms with van der Waals surface area (Å²) in [5, 5.41) is 7.72. The van der Waals surface area contributed by atoms with Crippen LogP contribution in [0.2, 0.25) is 0 Å². The molecule has 8 heteroatoms. The molecule has 0 spiro atoms. The number of thiazole rings is 1. The van der Waals surface area contributed by atoms with E-state index in [9.17, 15) is 14.4 Å². The van der Waals surface area contributed by atoms with Crippen LogP contribution in [0.15, 0.2) is 65.7 Å². The van der Waals surface area contributed by atoms with E-state index in [1.807, 2.05) is 61.5 Å². The molecule has 0 unspecified atom stereocenters. The minimum atomic E-state index is -0.670. The van der Waals surface area contributed by atoms with Gasteiger partial charge in [-0.15, -0.1) is 11.3 Å². The fourth-order valence-corrected chi connectivity index (χ4v) is 3.59. The largest absolute Gasteiger partial charge is 0.454 e. The topological polar surface area (TPSA) is 97.4 Å². The van der Waals surface area contributed by atoms with Gasteiger partial charge in [0.1, 0.15) is 17.3 Å². The van der Waals surface area contributed by atoms with Gasteiger partial charge in [0.2, 0.25) is 11.8 Å². The highest BCUT2D eigenvalue weighted by atomic mass is 32.1. The van der Waals surface area contributed by atoms with Crippen LogP contribution in [0.4, 0.5) is 5.69 Å². The number of hydrogen-bond donors (Lipinski definition) is 2. The van der Waals surface area contributed by atoms with Crippen molar-refractivity contribution in [3.05, 3.63) is 87.5 Å². The second kappa shape index (κ2) is 11.0. The van der Waals surface area contributed by atoms with Gasteiger partial charge in [-0.2, -0.15) is 0 Å². The third kappa shape index (κ3) is 6.88. The van der Waals surface area contributed by atoms with Gasteiger partial charge in [-0.3, -0.25) is 9.59 Å². The monoisotopic (exact) mass is 449 g/mol. The highest BCUT2D eigenvalue weighted by Gasteiger charge is 2.15. The van der Waals surface area contributed by atoms with Gasteiger partial charge < -0.3 is 15.4 Å². The average molecular weight is 450 g/mol. The van der Waals surface area contributed by atoms with E-state index < -0.39 is 5.97 Å². The average Bonchev–Trinajstić information content (AvgIpc) is 3.20. The second-order valence-electron chi connectivity index (χ2n) is 7.00. The molecule has 0 aliphatic carbocycles. The van der Waals surface area contributed by atoms with Crippen molar-refractivity contribution in [1.29, 1.82) is 0 Å². The summed E-state index contributed by atoms with van der Waals surface area (Å²) in [6.45, 7) is 3.17. The molecule has 0 bridgehead atoms. The van der Waals surface area contributed by atoms with E-state index in [4.69, 9.17) is 4.74 Å². The molecule has 32 heavy (non-hydrogen) atoms. The Balaban J connectivity index is 1.58. The molecule has 0 fully saturated rings. The summed E-state index contributed by atoms with van der Waals surface area (Å²) in [4.78, 5) is 40.6. The summed E-state index contributed by atoms with van der Waals surface area (Å²) in [6, 6.07) is 16.7. The molecule has 1 aromatic heterocycles. The van der Waals surface area contributed by atoms with Crippen molar-refractivity contribution in [2.45, 2.75) is 26.9 Å². The molecule has 7 nitrogen and oxygen atoms in total. The van der Waals surface area contributed by atoms with Gasteiger partial charge in [-0.05, 0) is 30.2 Å². The number of carbonyl (C=O) groups is 3. The Morgan fingerprint density at radius 1 is 1.06 bits per heavy atom. The number of aromatic nitrogens is 1. The van der Waals surface area contributed by atoms with Crippen molar-refractivity contribution < 1.29 is 19.1 Å². The number of benzene rings is 2. The third-order valence-corrected chi connectivity index (χ3v) is 5.22. The maximum Gasteiger partial charge on any atom is 0.355 e. The Kier molecular flexibility index (Phi) is 7.88. The fraction of sp³-hybridized carbons (Fsp3) is 0.167. The molecule has 2 N–H and O–H groups in total. The van der Waals surface area contributed by atoms with Gasteiger partial charge in [-0.25, -0.2) is 9.78 Å². The summed E-state index contributed by atoms with van der Waals surface area (Å²) in [7, 11) is 0. The second-order valence-corrected chi connectivity index (χ2v) is 7.94. The van der Waals surface area contributed by atoms with Crippen LogP contribution in [0.25, 0.3) is 6.08 Å². The van der Waals surface area contributed by atoms with E-state index in [1.54, 1.807) is 11.5 Å². The first kappa shape index (κ1) is 22.9. The van der Waals surface area contributed by atoms with Gasteiger partial charge in [-0.1, -0.05) is 48.5 Å². The molecule has 3 rings (SSSR count). The van der Waals surface area contributed by atoms with E-state index in [0.717, 1.165) is 16.8 Å². The smallest absolute Gasteiger partial charge is 0.355 e. The number of ether oxygens (including phenoxy) is 1. The molecule has 3 aromatic rings. The molecule has 1 heterocycles. The molecular formula is C24H23N3O4S. The van der Waals surface area contributed by atoms with Crippen LogP contribution in [0.1, 0.15) is 28.8 Å². The van der Waals surface area contributed by atoms with Gasteiger partial charge in [0.05, 0.1) is 12.1 Å². The molecule has 164 valence electrons. The molecule has 0 saturated heterocycles. The first-order chi connectivity index (χ1) is 15.4. The van der Waals surface area contributed by atoms with Crippen LogP contribution in [0.3, 0.4) is 0 Å². The Morgan fingerprint density at radius 2 is 1.78 bits per heavy atom. The summed E-state index contributed by atoms with van der Waals surface area (Å²) in [5.41, 5.74) is 3.06.